The molecule has 1 heterocycles. The maximum absolute atomic E-state index is 9.55. The largest absolute Gasteiger partial charge is 0.504 e. The molecule has 76 valence electrons. The molecular formula is C10H13NO3. The minimum absolute atomic E-state index is 0.0597. The van der Waals surface area contributed by atoms with Gasteiger partial charge in [-0.05, 0) is 6.07 Å². The van der Waals surface area contributed by atoms with E-state index >= 15 is 0 Å². The monoisotopic (exact) mass is 195 g/mol. The van der Waals surface area contributed by atoms with E-state index in [1.165, 1.54) is 7.11 Å². The molecule has 1 unspecified atom stereocenters. The summed E-state index contributed by atoms with van der Waals surface area (Å²) in [6, 6.07) is 3.22. The maximum atomic E-state index is 9.55. The molecule has 1 aromatic rings. The van der Waals surface area contributed by atoms with Crippen LogP contribution in [0, 0.1) is 0 Å². The molecule has 0 radical (unpaired) electrons. The zero-order chi connectivity index (χ0) is 10.1. The molecule has 0 aliphatic carbocycles. The Hall–Kier alpha value is -1.42. The highest BCUT2D eigenvalue weighted by molar-refractivity contribution is 5.51. The zero-order valence-electron chi connectivity index (χ0n) is 7.99. The van der Waals surface area contributed by atoms with Crippen molar-refractivity contribution in [1.29, 1.82) is 0 Å². The third kappa shape index (κ3) is 1.37. The molecule has 1 atom stereocenters. The van der Waals surface area contributed by atoms with Gasteiger partial charge in [-0.25, -0.2) is 0 Å². The second-order valence-corrected chi connectivity index (χ2v) is 3.31. The zero-order valence-corrected chi connectivity index (χ0v) is 7.99. The fraction of sp³-hybridized carbons (Fsp3) is 0.400. The first kappa shape index (κ1) is 9.15. The first-order valence-electron chi connectivity index (χ1n) is 4.51. The summed E-state index contributed by atoms with van der Waals surface area (Å²) in [6.07, 6.45) is 0.777. The molecule has 0 fully saturated rings. The van der Waals surface area contributed by atoms with E-state index in [1.807, 2.05) is 0 Å². The van der Waals surface area contributed by atoms with Crippen molar-refractivity contribution in [3.63, 3.8) is 0 Å². The number of ether oxygens (including phenoxy) is 2. The third-order valence-electron chi connectivity index (χ3n) is 2.40. The van der Waals surface area contributed by atoms with Crippen LogP contribution in [-0.2, 0) is 0 Å². The SMILES string of the molecule is COc1cc2c(cc1O)C(N)CCO2. The number of rotatable bonds is 1. The minimum atomic E-state index is -0.0597. The first-order valence-corrected chi connectivity index (χ1v) is 4.51. The molecular weight excluding hydrogens is 182 g/mol. The van der Waals surface area contributed by atoms with Crippen LogP contribution in [0.3, 0.4) is 0 Å². The summed E-state index contributed by atoms with van der Waals surface area (Å²) in [5, 5.41) is 9.55. The van der Waals surface area contributed by atoms with Gasteiger partial charge in [0.05, 0.1) is 13.7 Å². The molecule has 0 spiro atoms. The van der Waals surface area contributed by atoms with Crippen molar-refractivity contribution >= 4 is 0 Å². The van der Waals surface area contributed by atoms with Crippen molar-refractivity contribution in [1.82, 2.24) is 0 Å². The summed E-state index contributed by atoms with van der Waals surface area (Å²) in [5.41, 5.74) is 6.72. The quantitative estimate of drug-likeness (QED) is 0.706. The van der Waals surface area contributed by atoms with Gasteiger partial charge in [0, 0.05) is 24.1 Å². The number of nitrogens with two attached hydrogens (primary N) is 1. The number of phenolic OH excluding ortho intramolecular Hbond substituents is 1. The molecule has 1 aliphatic heterocycles. The van der Waals surface area contributed by atoms with E-state index in [4.69, 9.17) is 15.2 Å². The summed E-state index contributed by atoms with van der Waals surface area (Å²) >= 11 is 0. The average Bonchev–Trinajstić information content (AvgIpc) is 2.19. The highest BCUT2D eigenvalue weighted by Crippen LogP contribution is 2.39. The Morgan fingerprint density at radius 2 is 2.36 bits per heavy atom. The molecule has 0 aromatic heterocycles. The van der Waals surface area contributed by atoms with Crippen LogP contribution in [0.25, 0.3) is 0 Å². The van der Waals surface area contributed by atoms with Crippen LogP contribution in [0.5, 0.6) is 17.2 Å². The Morgan fingerprint density at radius 1 is 1.57 bits per heavy atom. The van der Waals surface area contributed by atoms with Crippen LogP contribution in [-0.4, -0.2) is 18.8 Å². The molecule has 14 heavy (non-hydrogen) atoms. The highest BCUT2D eigenvalue weighted by Gasteiger charge is 2.20. The van der Waals surface area contributed by atoms with Crippen LogP contribution in [0.4, 0.5) is 0 Å². The van der Waals surface area contributed by atoms with Crippen molar-refractivity contribution in [2.75, 3.05) is 13.7 Å². The summed E-state index contributed by atoms with van der Waals surface area (Å²) in [5.74, 6) is 1.23. The summed E-state index contributed by atoms with van der Waals surface area (Å²) in [6.45, 7) is 0.613. The molecule has 3 N–H and O–H groups in total. The molecule has 0 bridgehead atoms. The molecule has 4 nitrogen and oxygen atoms in total. The molecule has 0 saturated heterocycles. The Bertz CT molecular complexity index is 351. The Balaban J connectivity index is 2.48. The highest BCUT2D eigenvalue weighted by atomic mass is 16.5. The maximum Gasteiger partial charge on any atom is 0.164 e. The standard InChI is InChI=1S/C10H13NO3/c1-13-10-5-9-6(4-8(10)12)7(11)2-3-14-9/h4-5,7,12H,2-3,11H2,1H3. The average molecular weight is 195 g/mol. The van der Waals surface area contributed by atoms with E-state index in [-0.39, 0.29) is 11.8 Å². The molecule has 1 aromatic carbocycles. The van der Waals surface area contributed by atoms with Crippen molar-refractivity contribution in [3.8, 4) is 17.2 Å². The van der Waals surface area contributed by atoms with Gasteiger partial charge in [-0.1, -0.05) is 0 Å². The lowest BCUT2D eigenvalue weighted by molar-refractivity contribution is 0.265. The second-order valence-electron chi connectivity index (χ2n) is 3.31. The summed E-state index contributed by atoms with van der Waals surface area (Å²) < 4.78 is 10.4. The van der Waals surface area contributed by atoms with E-state index in [1.54, 1.807) is 12.1 Å². The number of phenols is 1. The van der Waals surface area contributed by atoms with Gasteiger partial charge in [0.15, 0.2) is 11.5 Å². The van der Waals surface area contributed by atoms with E-state index in [0.29, 0.717) is 18.1 Å². The number of aromatic hydroxyl groups is 1. The van der Waals surface area contributed by atoms with Gasteiger partial charge in [-0.15, -0.1) is 0 Å². The predicted octanol–water partition coefficient (Wildman–Crippen LogP) is 1.18. The van der Waals surface area contributed by atoms with Gasteiger partial charge in [0.2, 0.25) is 0 Å². The van der Waals surface area contributed by atoms with E-state index in [0.717, 1.165) is 12.0 Å². The lowest BCUT2D eigenvalue weighted by atomic mass is 10.0. The van der Waals surface area contributed by atoms with Crippen LogP contribution < -0.4 is 15.2 Å². The molecule has 0 amide bonds. The first-order chi connectivity index (χ1) is 6.72. The van der Waals surface area contributed by atoms with Gasteiger partial charge in [0.1, 0.15) is 5.75 Å². The van der Waals surface area contributed by atoms with E-state index in [2.05, 4.69) is 0 Å². The number of fused-ring (bicyclic) bond motifs is 1. The number of methoxy groups -OCH3 is 1. The number of hydrogen-bond donors (Lipinski definition) is 2. The molecule has 2 rings (SSSR count). The van der Waals surface area contributed by atoms with Crippen molar-refractivity contribution < 1.29 is 14.6 Å². The van der Waals surface area contributed by atoms with Crippen LogP contribution in [0.1, 0.15) is 18.0 Å². The van der Waals surface area contributed by atoms with Crippen molar-refractivity contribution in [2.45, 2.75) is 12.5 Å². The molecule has 0 saturated carbocycles. The number of benzene rings is 1. The third-order valence-corrected chi connectivity index (χ3v) is 2.40. The Morgan fingerprint density at radius 3 is 3.07 bits per heavy atom. The lowest BCUT2D eigenvalue weighted by Gasteiger charge is -2.23. The smallest absolute Gasteiger partial charge is 0.164 e. The van der Waals surface area contributed by atoms with E-state index in [9.17, 15) is 5.11 Å². The normalized spacial score (nSPS) is 19.7. The van der Waals surface area contributed by atoms with Gasteiger partial charge in [-0.3, -0.25) is 0 Å². The second kappa shape index (κ2) is 3.38. The van der Waals surface area contributed by atoms with Crippen molar-refractivity contribution in [3.05, 3.63) is 17.7 Å². The molecule has 4 heteroatoms. The number of hydrogen-bond acceptors (Lipinski definition) is 4. The van der Waals surface area contributed by atoms with Crippen LogP contribution >= 0.6 is 0 Å². The lowest BCUT2D eigenvalue weighted by Crippen LogP contribution is -2.20. The van der Waals surface area contributed by atoms with Crippen LogP contribution in [0.2, 0.25) is 0 Å². The predicted molar refractivity (Wildman–Crippen MR) is 51.7 cm³/mol. The van der Waals surface area contributed by atoms with Crippen LogP contribution in [0.15, 0.2) is 12.1 Å². The van der Waals surface area contributed by atoms with E-state index < -0.39 is 0 Å². The fourth-order valence-corrected chi connectivity index (χ4v) is 1.60. The fourth-order valence-electron chi connectivity index (χ4n) is 1.60. The summed E-state index contributed by atoms with van der Waals surface area (Å²) in [4.78, 5) is 0. The Kier molecular flexibility index (Phi) is 2.21. The minimum Gasteiger partial charge on any atom is -0.504 e. The topological polar surface area (TPSA) is 64.7 Å². The van der Waals surface area contributed by atoms with Gasteiger partial charge in [0.25, 0.3) is 0 Å². The van der Waals surface area contributed by atoms with Gasteiger partial charge < -0.3 is 20.3 Å². The van der Waals surface area contributed by atoms with Crippen molar-refractivity contribution in [2.24, 2.45) is 5.73 Å². The summed E-state index contributed by atoms with van der Waals surface area (Å²) in [7, 11) is 1.50. The van der Waals surface area contributed by atoms with Gasteiger partial charge in [-0.2, -0.15) is 0 Å². The Labute approximate surface area is 82.2 Å². The van der Waals surface area contributed by atoms with Gasteiger partial charge >= 0.3 is 0 Å². The molecule has 1 aliphatic rings.